The molecule has 1 unspecified atom stereocenters. The molecule has 1 aromatic carbocycles. The van der Waals surface area contributed by atoms with Crippen molar-refractivity contribution in [2.24, 2.45) is 0 Å². The molecule has 6 heteroatoms. The molecule has 1 N–H and O–H groups in total. The number of cyclic esters (lactones) is 2. The molecular formula is C16H17NO5. The molecule has 0 aromatic heterocycles. The number of benzene rings is 1. The predicted octanol–water partition coefficient (Wildman–Crippen LogP) is 1.97. The molecule has 6 nitrogen and oxygen atoms in total. The maximum absolute atomic E-state index is 12.0. The van der Waals surface area contributed by atoms with Crippen molar-refractivity contribution < 1.29 is 23.8 Å². The predicted molar refractivity (Wildman–Crippen MR) is 78.6 cm³/mol. The zero-order chi connectivity index (χ0) is 15.9. The number of carbonyl (C=O) groups excluding carboxylic acids is 2. The van der Waals surface area contributed by atoms with Gasteiger partial charge < -0.3 is 19.5 Å². The molecule has 22 heavy (non-hydrogen) atoms. The van der Waals surface area contributed by atoms with Crippen molar-refractivity contribution in [2.75, 3.05) is 19.0 Å². The first-order valence-corrected chi connectivity index (χ1v) is 7.00. The summed E-state index contributed by atoms with van der Waals surface area (Å²) < 4.78 is 15.6. The van der Waals surface area contributed by atoms with Gasteiger partial charge in [0.05, 0.1) is 7.11 Å². The second-order valence-electron chi connectivity index (χ2n) is 5.67. The molecule has 2 heterocycles. The lowest BCUT2D eigenvalue weighted by atomic mass is 9.97. The van der Waals surface area contributed by atoms with E-state index in [9.17, 15) is 9.59 Å². The summed E-state index contributed by atoms with van der Waals surface area (Å²) in [7, 11) is 1.59. The number of esters is 2. The standard InChI is InChI=1S/C16H17NO5/c1-16(2)21-14(18)10(15(19)22-16)7-9-8-17-11-5-4-6-12(20-3)13(9)11/h4-7,9,17H,8H2,1-3H3. The summed E-state index contributed by atoms with van der Waals surface area (Å²) in [4.78, 5) is 24.1. The molecule has 1 fully saturated rings. The van der Waals surface area contributed by atoms with Crippen LogP contribution in [0.4, 0.5) is 5.69 Å². The van der Waals surface area contributed by atoms with E-state index in [0.29, 0.717) is 12.3 Å². The minimum absolute atomic E-state index is 0.0788. The Balaban J connectivity index is 1.96. The van der Waals surface area contributed by atoms with Crippen LogP contribution in [0.15, 0.2) is 29.8 Å². The van der Waals surface area contributed by atoms with Gasteiger partial charge in [0, 0.05) is 37.6 Å². The molecule has 1 atom stereocenters. The van der Waals surface area contributed by atoms with Gasteiger partial charge in [0.15, 0.2) is 0 Å². The average molecular weight is 303 g/mol. The van der Waals surface area contributed by atoms with Crippen LogP contribution in [0.3, 0.4) is 0 Å². The number of anilines is 1. The van der Waals surface area contributed by atoms with Crippen LogP contribution < -0.4 is 10.1 Å². The van der Waals surface area contributed by atoms with Crippen molar-refractivity contribution >= 4 is 17.6 Å². The van der Waals surface area contributed by atoms with Crippen LogP contribution in [0.1, 0.15) is 25.3 Å². The van der Waals surface area contributed by atoms with Crippen molar-refractivity contribution in [3.05, 3.63) is 35.4 Å². The molecule has 0 aliphatic carbocycles. The lowest BCUT2D eigenvalue weighted by Crippen LogP contribution is -2.42. The highest BCUT2D eigenvalue weighted by Crippen LogP contribution is 2.40. The van der Waals surface area contributed by atoms with Crippen molar-refractivity contribution in [1.29, 1.82) is 0 Å². The number of hydrogen-bond acceptors (Lipinski definition) is 6. The van der Waals surface area contributed by atoms with Gasteiger partial charge in [0.2, 0.25) is 0 Å². The lowest BCUT2D eigenvalue weighted by Gasteiger charge is -2.30. The number of hydrogen-bond donors (Lipinski definition) is 1. The number of fused-ring (bicyclic) bond motifs is 1. The lowest BCUT2D eigenvalue weighted by molar-refractivity contribution is -0.222. The molecule has 0 bridgehead atoms. The van der Waals surface area contributed by atoms with E-state index in [-0.39, 0.29) is 11.5 Å². The first kappa shape index (κ1) is 14.4. The molecule has 116 valence electrons. The van der Waals surface area contributed by atoms with E-state index < -0.39 is 17.7 Å². The zero-order valence-electron chi connectivity index (χ0n) is 12.6. The number of methoxy groups -OCH3 is 1. The van der Waals surface area contributed by atoms with E-state index >= 15 is 0 Å². The van der Waals surface area contributed by atoms with Crippen LogP contribution in [-0.4, -0.2) is 31.4 Å². The van der Waals surface area contributed by atoms with Crippen molar-refractivity contribution in [2.45, 2.75) is 25.6 Å². The summed E-state index contributed by atoms with van der Waals surface area (Å²) in [5.74, 6) is -2.01. The van der Waals surface area contributed by atoms with Gasteiger partial charge in [-0.25, -0.2) is 9.59 Å². The van der Waals surface area contributed by atoms with E-state index in [4.69, 9.17) is 14.2 Å². The van der Waals surface area contributed by atoms with E-state index in [1.54, 1.807) is 13.2 Å². The quantitative estimate of drug-likeness (QED) is 0.511. The Bertz CT molecular complexity index is 655. The third-order valence-corrected chi connectivity index (χ3v) is 3.65. The van der Waals surface area contributed by atoms with Crippen LogP contribution in [0.5, 0.6) is 5.75 Å². The minimum atomic E-state index is -1.23. The Kier molecular flexibility index (Phi) is 3.31. The minimum Gasteiger partial charge on any atom is -0.496 e. The average Bonchev–Trinajstić information content (AvgIpc) is 2.85. The molecule has 1 aromatic rings. The van der Waals surface area contributed by atoms with E-state index in [1.165, 1.54) is 13.8 Å². The van der Waals surface area contributed by atoms with Crippen LogP contribution >= 0.6 is 0 Å². The highest BCUT2D eigenvalue weighted by molar-refractivity contribution is 6.15. The van der Waals surface area contributed by atoms with Crippen molar-refractivity contribution in [1.82, 2.24) is 0 Å². The molecular weight excluding hydrogens is 286 g/mol. The van der Waals surface area contributed by atoms with Crippen LogP contribution in [0.2, 0.25) is 0 Å². The summed E-state index contributed by atoms with van der Waals surface area (Å²) in [5.41, 5.74) is 1.77. The Morgan fingerprint density at radius 3 is 2.59 bits per heavy atom. The Hall–Kier alpha value is -2.50. The van der Waals surface area contributed by atoms with E-state index in [1.807, 2.05) is 18.2 Å². The number of rotatable bonds is 2. The fourth-order valence-electron chi connectivity index (χ4n) is 2.72. The zero-order valence-corrected chi connectivity index (χ0v) is 12.6. The fraction of sp³-hybridized carbons (Fsp3) is 0.375. The van der Waals surface area contributed by atoms with Gasteiger partial charge in [-0.05, 0) is 12.1 Å². The van der Waals surface area contributed by atoms with Gasteiger partial charge in [-0.3, -0.25) is 0 Å². The number of carbonyl (C=O) groups is 2. The molecule has 3 rings (SSSR count). The maximum atomic E-state index is 12.0. The monoisotopic (exact) mass is 303 g/mol. The summed E-state index contributed by atoms with van der Waals surface area (Å²) in [6, 6.07) is 5.65. The SMILES string of the molecule is COc1cccc2c1C(C=C1C(=O)OC(C)(C)OC1=O)CN2. The molecule has 0 radical (unpaired) electrons. The highest BCUT2D eigenvalue weighted by Gasteiger charge is 2.40. The van der Waals surface area contributed by atoms with Crippen LogP contribution in [0.25, 0.3) is 0 Å². The van der Waals surface area contributed by atoms with Crippen molar-refractivity contribution in [3.63, 3.8) is 0 Å². The van der Waals surface area contributed by atoms with E-state index in [2.05, 4.69) is 5.32 Å². The largest absolute Gasteiger partial charge is 0.496 e. The van der Waals surface area contributed by atoms with Crippen LogP contribution in [-0.2, 0) is 19.1 Å². The molecule has 0 saturated carbocycles. The maximum Gasteiger partial charge on any atom is 0.348 e. The molecule has 1 saturated heterocycles. The van der Waals surface area contributed by atoms with Gasteiger partial charge in [0.1, 0.15) is 11.3 Å². The number of ether oxygens (including phenoxy) is 3. The van der Waals surface area contributed by atoms with Crippen LogP contribution in [0, 0.1) is 0 Å². The van der Waals surface area contributed by atoms with Gasteiger partial charge >= 0.3 is 11.9 Å². The molecule has 2 aliphatic rings. The fourth-order valence-corrected chi connectivity index (χ4v) is 2.72. The van der Waals surface area contributed by atoms with Gasteiger partial charge in [-0.2, -0.15) is 0 Å². The highest BCUT2D eigenvalue weighted by atomic mass is 16.7. The number of nitrogens with one attached hydrogen (secondary N) is 1. The van der Waals surface area contributed by atoms with Gasteiger partial charge in [-0.15, -0.1) is 0 Å². The third-order valence-electron chi connectivity index (χ3n) is 3.65. The first-order chi connectivity index (χ1) is 10.4. The molecule has 0 spiro atoms. The Morgan fingerprint density at radius 2 is 1.95 bits per heavy atom. The van der Waals surface area contributed by atoms with Gasteiger partial charge in [0.25, 0.3) is 5.79 Å². The van der Waals surface area contributed by atoms with Crippen molar-refractivity contribution in [3.8, 4) is 5.75 Å². The summed E-state index contributed by atoms with van der Waals surface area (Å²) in [5, 5.41) is 3.23. The summed E-state index contributed by atoms with van der Waals surface area (Å²) in [6.07, 6.45) is 1.58. The van der Waals surface area contributed by atoms with Gasteiger partial charge in [-0.1, -0.05) is 12.1 Å². The second-order valence-corrected chi connectivity index (χ2v) is 5.67. The van der Waals surface area contributed by atoms with E-state index in [0.717, 1.165) is 11.3 Å². The Labute approximate surface area is 128 Å². The molecule has 2 aliphatic heterocycles. The smallest absolute Gasteiger partial charge is 0.348 e. The second kappa shape index (κ2) is 5.05. The third kappa shape index (κ3) is 2.41. The Morgan fingerprint density at radius 1 is 1.27 bits per heavy atom. The normalized spacial score (nSPS) is 22.3. The first-order valence-electron chi connectivity index (χ1n) is 7.00. The summed E-state index contributed by atoms with van der Waals surface area (Å²) in [6.45, 7) is 3.62. The topological polar surface area (TPSA) is 73.9 Å². The molecule has 0 amide bonds. The summed E-state index contributed by atoms with van der Waals surface area (Å²) >= 11 is 0.